The molecule has 4 rings (SSSR count). The second kappa shape index (κ2) is 9.74. The Morgan fingerprint density at radius 1 is 1.00 bits per heavy atom. The lowest BCUT2D eigenvalue weighted by Crippen LogP contribution is -2.43. The number of carbonyl (C=O) groups excluding carboxylic acids is 2. The van der Waals surface area contributed by atoms with Crippen molar-refractivity contribution in [2.45, 2.75) is 32.0 Å². The number of nitrogens with zero attached hydrogens (tertiary/aromatic N) is 3. The Morgan fingerprint density at radius 3 is 2.44 bits per heavy atom. The molecular formula is C24H23N3O4S. The van der Waals surface area contributed by atoms with E-state index in [2.05, 4.69) is 0 Å². The lowest BCUT2D eigenvalue weighted by molar-refractivity contribution is -0.384. The molecule has 1 saturated carbocycles. The van der Waals surface area contributed by atoms with E-state index in [1.165, 1.54) is 18.2 Å². The molecule has 0 spiro atoms. The molecule has 2 amide bonds. The lowest BCUT2D eigenvalue weighted by atomic mass is 10.1. The van der Waals surface area contributed by atoms with Gasteiger partial charge < -0.3 is 9.80 Å². The van der Waals surface area contributed by atoms with Crippen molar-refractivity contribution in [3.63, 3.8) is 0 Å². The van der Waals surface area contributed by atoms with Gasteiger partial charge in [-0.2, -0.15) is 0 Å². The molecule has 1 aliphatic rings. The summed E-state index contributed by atoms with van der Waals surface area (Å²) in [5.74, 6) is -0.492. The van der Waals surface area contributed by atoms with Crippen LogP contribution in [-0.2, 0) is 17.9 Å². The SMILES string of the molecule is O=C(CN(C(=O)c1cccc([N+](=O)[O-])c1)C1CC1)N(Cc1ccccc1)Cc1cccs1. The largest absolute Gasteiger partial charge is 0.332 e. The lowest BCUT2D eigenvalue weighted by Gasteiger charge is -2.28. The van der Waals surface area contributed by atoms with Crippen LogP contribution in [0.3, 0.4) is 0 Å². The van der Waals surface area contributed by atoms with Gasteiger partial charge in [-0.25, -0.2) is 0 Å². The van der Waals surface area contributed by atoms with Gasteiger partial charge in [0.15, 0.2) is 0 Å². The summed E-state index contributed by atoms with van der Waals surface area (Å²) in [5, 5.41) is 13.1. The maximum atomic E-state index is 13.4. The fourth-order valence-corrected chi connectivity index (χ4v) is 4.26. The van der Waals surface area contributed by atoms with E-state index in [0.717, 1.165) is 23.3 Å². The second-order valence-electron chi connectivity index (χ2n) is 7.79. The molecule has 32 heavy (non-hydrogen) atoms. The van der Waals surface area contributed by atoms with Gasteiger partial charge in [0.05, 0.1) is 11.5 Å². The molecule has 0 bridgehead atoms. The summed E-state index contributed by atoms with van der Waals surface area (Å²) >= 11 is 1.59. The Kier molecular flexibility index (Phi) is 6.61. The molecule has 0 radical (unpaired) electrons. The molecule has 0 saturated heterocycles. The highest BCUT2D eigenvalue weighted by Crippen LogP contribution is 2.29. The monoisotopic (exact) mass is 449 g/mol. The second-order valence-corrected chi connectivity index (χ2v) is 8.82. The summed E-state index contributed by atoms with van der Waals surface area (Å²) in [6.45, 7) is 0.861. The Hall–Kier alpha value is -3.52. The van der Waals surface area contributed by atoms with E-state index in [9.17, 15) is 19.7 Å². The van der Waals surface area contributed by atoms with E-state index >= 15 is 0 Å². The van der Waals surface area contributed by atoms with Gasteiger partial charge in [0.1, 0.15) is 6.54 Å². The van der Waals surface area contributed by atoms with Gasteiger partial charge >= 0.3 is 0 Å². The molecule has 2 aromatic carbocycles. The van der Waals surface area contributed by atoms with E-state index in [1.54, 1.807) is 27.2 Å². The van der Waals surface area contributed by atoms with Crippen LogP contribution in [0.4, 0.5) is 5.69 Å². The number of nitro groups is 1. The van der Waals surface area contributed by atoms with Gasteiger partial charge in [0.25, 0.3) is 11.6 Å². The summed E-state index contributed by atoms with van der Waals surface area (Å²) < 4.78 is 0. The van der Waals surface area contributed by atoms with E-state index in [0.29, 0.717) is 13.1 Å². The fraction of sp³-hybridized carbons (Fsp3) is 0.250. The first-order chi connectivity index (χ1) is 15.5. The zero-order valence-electron chi connectivity index (χ0n) is 17.4. The summed E-state index contributed by atoms with van der Waals surface area (Å²) in [6.07, 6.45) is 1.66. The van der Waals surface area contributed by atoms with Crippen molar-refractivity contribution in [3.05, 3.63) is 98.2 Å². The van der Waals surface area contributed by atoms with Gasteiger partial charge in [0, 0.05) is 35.2 Å². The third kappa shape index (κ3) is 5.39. The number of non-ortho nitro benzene ring substituents is 1. The molecule has 3 aromatic rings. The van der Waals surface area contributed by atoms with Crippen molar-refractivity contribution in [2.75, 3.05) is 6.54 Å². The molecule has 1 aromatic heterocycles. The maximum absolute atomic E-state index is 13.4. The topological polar surface area (TPSA) is 83.8 Å². The zero-order valence-corrected chi connectivity index (χ0v) is 18.2. The molecule has 0 unspecified atom stereocenters. The quantitative estimate of drug-likeness (QED) is 0.356. The summed E-state index contributed by atoms with van der Waals surface area (Å²) in [5.41, 5.74) is 1.11. The first-order valence-corrected chi connectivity index (χ1v) is 11.3. The highest BCUT2D eigenvalue weighted by atomic mass is 32.1. The highest BCUT2D eigenvalue weighted by molar-refractivity contribution is 7.09. The number of amides is 2. The molecule has 1 aliphatic carbocycles. The average molecular weight is 450 g/mol. The van der Waals surface area contributed by atoms with E-state index in [1.807, 2.05) is 47.8 Å². The van der Waals surface area contributed by atoms with Crippen LogP contribution in [0.15, 0.2) is 72.1 Å². The minimum Gasteiger partial charge on any atom is -0.332 e. The number of carbonyl (C=O) groups is 2. The number of rotatable bonds is 9. The number of thiophene rings is 1. The van der Waals surface area contributed by atoms with E-state index in [4.69, 9.17) is 0 Å². The molecule has 8 heteroatoms. The van der Waals surface area contributed by atoms with Crippen molar-refractivity contribution >= 4 is 28.8 Å². The smallest absolute Gasteiger partial charge is 0.270 e. The first-order valence-electron chi connectivity index (χ1n) is 10.4. The van der Waals surface area contributed by atoms with Crippen LogP contribution in [0.25, 0.3) is 0 Å². The molecule has 7 nitrogen and oxygen atoms in total. The van der Waals surface area contributed by atoms with E-state index in [-0.39, 0.29) is 35.7 Å². The Bertz CT molecular complexity index is 1100. The first kappa shape index (κ1) is 21.7. The minimum absolute atomic E-state index is 0.00831. The summed E-state index contributed by atoms with van der Waals surface area (Å²) in [7, 11) is 0. The predicted molar refractivity (Wildman–Crippen MR) is 122 cm³/mol. The molecule has 1 heterocycles. The van der Waals surface area contributed by atoms with Crippen LogP contribution >= 0.6 is 11.3 Å². The fourth-order valence-electron chi connectivity index (χ4n) is 3.54. The number of nitro benzene ring substituents is 1. The number of benzene rings is 2. The molecule has 1 fully saturated rings. The molecule has 0 aliphatic heterocycles. The molecule has 164 valence electrons. The Balaban J connectivity index is 1.53. The third-order valence-electron chi connectivity index (χ3n) is 5.35. The van der Waals surface area contributed by atoms with Gasteiger partial charge in [-0.1, -0.05) is 42.5 Å². The van der Waals surface area contributed by atoms with Gasteiger partial charge in [-0.15, -0.1) is 11.3 Å². The molecular weight excluding hydrogens is 426 g/mol. The molecule has 0 atom stereocenters. The van der Waals surface area contributed by atoms with Crippen LogP contribution in [0.5, 0.6) is 0 Å². The highest BCUT2D eigenvalue weighted by Gasteiger charge is 2.35. The van der Waals surface area contributed by atoms with Gasteiger partial charge in [0.2, 0.25) is 5.91 Å². The van der Waals surface area contributed by atoms with Gasteiger partial charge in [-0.3, -0.25) is 19.7 Å². The van der Waals surface area contributed by atoms with Crippen LogP contribution in [-0.4, -0.2) is 39.1 Å². The van der Waals surface area contributed by atoms with Crippen LogP contribution in [0, 0.1) is 10.1 Å². The van der Waals surface area contributed by atoms with E-state index < -0.39 is 4.92 Å². The van der Waals surface area contributed by atoms with Crippen molar-refractivity contribution < 1.29 is 14.5 Å². The van der Waals surface area contributed by atoms with Crippen molar-refractivity contribution in [1.29, 1.82) is 0 Å². The van der Waals surface area contributed by atoms with Gasteiger partial charge in [-0.05, 0) is 35.9 Å². The normalized spacial score (nSPS) is 12.9. The average Bonchev–Trinajstić information content (AvgIpc) is 3.52. The number of hydrogen-bond donors (Lipinski definition) is 0. The Morgan fingerprint density at radius 2 is 1.78 bits per heavy atom. The minimum atomic E-state index is -0.522. The van der Waals surface area contributed by atoms with Crippen molar-refractivity contribution in [1.82, 2.24) is 9.80 Å². The Labute approximate surface area is 190 Å². The standard InChI is InChI=1S/C24H23N3O4S/c28-23(25(16-22-10-5-13-32-22)15-18-6-2-1-3-7-18)17-26(20-11-12-20)24(29)19-8-4-9-21(14-19)27(30)31/h1-10,13-14,20H,11-12,15-17H2. The van der Waals surface area contributed by atoms with Crippen LogP contribution in [0.1, 0.15) is 33.6 Å². The van der Waals surface area contributed by atoms with Crippen LogP contribution < -0.4 is 0 Å². The van der Waals surface area contributed by atoms with Crippen molar-refractivity contribution in [2.24, 2.45) is 0 Å². The predicted octanol–water partition coefficient (Wildman–Crippen LogP) is 4.49. The van der Waals surface area contributed by atoms with Crippen LogP contribution in [0.2, 0.25) is 0 Å². The maximum Gasteiger partial charge on any atom is 0.270 e. The molecule has 0 N–H and O–H groups in total. The number of hydrogen-bond acceptors (Lipinski definition) is 5. The zero-order chi connectivity index (χ0) is 22.5. The van der Waals surface area contributed by atoms with Crippen molar-refractivity contribution in [3.8, 4) is 0 Å². The summed E-state index contributed by atoms with van der Waals surface area (Å²) in [6, 6.07) is 19.4. The summed E-state index contributed by atoms with van der Waals surface area (Å²) in [4.78, 5) is 41.5. The third-order valence-corrected chi connectivity index (χ3v) is 6.21.